The first-order valence-corrected chi connectivity index (χ1v) is 9.36. The van der Waals surface area contributed by atoms with Crippen molar-refractivity contribution >= 4 is 45.6 Å². The summed E-state index contributed by atoms with van der Waals surface area (Å²) in [6, 6.07) is 20.3. The van der Waals surface area contributed by atoms with Crippen LogP contribution in [0.3, 0.4) is 0 Å². The Bertz CT molecular complexity index is 1020. The molecule has 140 valence electrons. The molecule has 0 spiro atoms. The van der Waals surface area contributed by atoms with Crippen LogP contribution in [0.15, 0.2) is 82.4 Å². The van der Waals surface area contributed by atoms with Crippen molar-refractivity contribution in [3.05, 3.63) is 99.0 Å². The van der Waals surface area contributed by atoms with Gasteiger partial charge in [-0.3, -0.25) is 4.79 Å². The molecule has 0 aliphatic heterocycles. The minimum Gasteiger partial charge on any atom is -0.423 e. The van der Waals surface area contributed by atoms with Gasteiger partial charge in [0.25, 0.3) is 5.91 Å². The Hall–Kier alpha value is -2.96. The highest BCUT2D eigenvalue weighted by Crippen LogP contribution is 2.19. The molecular weight excluding hydrogens is 444 g/mol. The number of hydrogen-bond acceptors (Lipinski definition) is 4. The molecule has 0 saturated heterocycles. The predicted molar refractivity (Wildman–Crippen MR) is 112 cm³/mol. The maximum absolute atomic E-state index is 12.2. The third-order valence-corrected chi connectivity index (χ3v) is 4.61. The van der Waals surface area contributed by atoms with Crippen LogP contribution in [0.1, 0.15) is 26.3 Å². The van der Waals surface area contributed by atoms with Gasteiger partial charge in [0.1, 0.15) is 5.75 Å². The molecule has 3 aromatic rings. The van der Waals surface area contributed by atoms with Gasteiger partial charge >= 0.3 is 5.97 Å². The molecule has 0 fully saturated rings. The SMILES string of the molecule is O=C(NN=Cc1ccc(OC(=O)c2ccccc2Br)cc1)c1ccc(Cl)cc1. The van der Waals surface area contributed by atoms with E-state index < -0.39 is 5.97 Å². The number of halogens is 2. The summed E-state index contributed by atoms with van der Waals surface area (Å²) in [5.41, 5.74) is 4.07. The van der Waals surface area contributed by atoms with Gasteiger partial charge in [-0.2, -0.15) is 5.10 Å². The maximum Gasteiger partial charge on any atom is 0.344 e. The third-order valence-electron chi connectivity index (χ3n) is 3.67. The van der Waals surface area contributed by atoms with E-state index in [0.717, 1.165) is 5.56 Å². The number of carbonyl (C=O) groups is 2. The Labute approximate surface area is 175 Å². The Balaban J connectivity index is 1.57. The fourth-order valence-electron chi connectivity index (χ4n) is 2.24. The lowest BCUT2D eigenvalue weighted by Crippen LogP contribution is -2.17. The van der Waals surface area contributed by atoms with E-state index in [2.05, 4.69) is 26.5 Å². The van der Waals surface area contributed by atoms with Crippen molar-refractivity contribution in [2.24, 2.45) is 5.10 Å². The number of hydrogen-bond donors (Lipinski definition) is 1. The molecule has 0 aromatic heterocycles. The number of esters is 1. The van der Waals surface area contributed by atoms with E-state index in [0.29, 0.717) is 26.4 Å². The first-order chi connectivity index (χ1) is 13.5. The lowest BCUT2D eigenvalue weighted by atomic mass is 10.2. The quantitative estimate of drug-likeness (QED) is 0.251. The van der Waals surface area contributed by atoms with Crippen molar-refractivity contribution in [1.29, 1.82) is 0 Å². The first kappa shape index (κ1) is 19.8. The van der Waals surface area contributed by atoms with E-state index in [9.17, 15) is 9.59 Å². The molecule has 7 heteroatoms. The average molecular weight is 458 g/mol. The van der Waals surface area contributed by atoms with E-state index in [1.54, 1.807) is 66.7 Å². The van der Waals surface area contributed by atoms with Gasteiger partial charge in [-0.1, -0.05) is 23.7 Å². The number of hydrazone groups is 1. The number of benzene rings is 3. The molecule has 28 heavy (non-hydrogen) atoms. The number of carbonyl (C=O) groups excluding carboxylic acids is 2. The summed E-state index contributed by atoms with van der Waals surface area (Å²) in [7, 11) is 0. The second kappa shape index (κ2) is 9.30. The molecule has 0 aliphatic carbocycles. The van der Waals surface area contributed by atoms with E-state index in [1.165, 1.54) is 6.21 Å². The minimum absolute atomic E-state index is 0.341. The fraction of sp³-hybridized carbons (Fsp3) is 0. The summed E-state index contributed by atoms with van der Waals surface area (Å²) in [6.45, 7) is 0. The fourth-order valence-corrected chi connectivity index (χ4v) is 2.81. The first-order valence-electron chi connectivity index (χ1n) is 8.19. The second-order valence-electron chi connectivity index (χ2n) is 5.64. The van der Waals surface area contributed by atoms with Gasteiger partial charge < -0.3 is 4.74 Å². The van der Waals surface area contributed by atoms with Gasteiger partial charge in [-0.05, 0) is 82.2 Å². The van der Waals surface area contributed by atoms with Crippen LogP contribution < -0.4 is 10.2 Å². The lowest BCUT2D eigenvalue weighted by Gasteiger charge is -2.06. The van der Waals surface area contributed by atoms with Gasteiger partial charge in [0.05, 0.1) is 11.8 Å². The predicted octanol–water partition coefficient (Wildman–Crippen LogP) is 5.09. The minimum atomic E-state index is -0.455. The Kier molecular flexibility index (Phi) is 6.57. The summed E-state index contributed by atoms with van der Waals surface area (Å²) in [6.07, 6.45) is 1.49. The summed E-state index contributed by atoms with van der Waals surface area (Å²) in [5.74, 6) is -0.390. The highest BCUT2D eigenvalue weighted by Gasteiger charge is 2.11. The topological polar surface area (TPSA) is 67.8 Å². The largest absolute Gasteiger partial charge is 0.423 e. The maximum atomic E-state index is 12.2. The molecule has 3 rings (SSSR count). The summed E-state index contributed by atoms with van der Waals surface area (Å²) in [5, 5.41) is 4.47. The molecule has 5 nitrogen and oxygen atoms in total. The molecule has 0 atom stereocenters. The van der Waals surface area contributed by atoms with Gasteiger partial charge in [-0.25, -0.2) is 10.2 Å². The number of nitrogens with one attached hydrogen (secondary N) is 1. The molecule has 0 heterocycles. The summed E-state index contributed by atoms with van der Waals surface area (Å²) in [4.78, 5) is 24.1. The molecular formula is C21H14BrClN2O3. The van der Waals surface area contributed by atoms with E-state index in [-0.39, 0.29) is 5.91 Å². The van der Waals surface area contributed by atoms with E-state index >= 15 is 0 Å². The molecule has 0 saturated carbocycles. The zero-order valence-corrected chi connectivity index (χ0v) is 16.8. The van der Waals surface area contributed by atoms with Crippen molar-refractivity contribution in [1.82, 2.24) is 5.43 Å². The zero-order chi connectivity index (χ0) is 19.9. The van der Waals surface area contributed by atoms with E-state index in [4.69, 9.17) is 16.3 Å². The van der Waals surface area contributed by atoms with Crippen molar-refractivity contribution in [3.8, 4) is 5.75 Å². The van der Waals surface area contributed by atoms with Gasteiger partial charge in [-0.15, -0.1) is 0 Å². The van der Waals surface area contributed by atoms with Crippen molar-refractivity contribution in [3.63, 3.8) is 0 Å². The third kappa shape index (κ3) is 5.28. The Morgan fingerprint density at radius 2 is 1.64 bits per heavy atom. The molecule has 0 bridgehead atoms. The van der Waals surface area contributed by atoms with Crippen LogP contribution >= 0.6 is 27.5 Å². The normalized spacial score (nSPS) is 10.6. The lowest BCUT2D eigenvalue weighted by molar-refractivity contribution is 0.0733. The van der Waals surface area contributed by atoms with E-state index in [1.807, 2.05) is 6.07 Å². The van der Waals surface area contributed by atoms with Crippen LogP contribution in [0.5, 0.6) is 5.75 Å². The number of amides is 1. The van der Waals surface area contributed by atoms with Crippen LogP contribution in [-0.4, -0.2) is 18.1 Å². The standard InChI is InChI=1S/C21H14BrClN2O3/c22-19-4-2-1-3-18(19)21(27)28-17-11-5-14(6-12-17)13-24-25-20(26)15-7-9-16(23)10-8-15/h1-13H,(H,25,26). The van der Waals surface area contributed by atoms with Crippen LogP contribution in [0.25, 0.3) is 0 Å². The summed E-state index contributed by atoms with van der Waals surface area (Å²) < 4.78 is 6.02. The molecule has 0 aliphatic rings. The summed E-state index contributed by atoms with van der Waals surface area (Å²) >= 11 is 9.12. The number of nitrogens with zero attached hydrogens (tertiary/aromatic N) is 1. The molecule has 1 N–H and O–H groups in total. The van der Waals surface area contributed by atoms with Gasteiger partial charge in [0, 0.05) is 15.1 Å². The van der Waals surface area contributed by atoms with Crippen LogP contribution in [0.4, 0.5) is 0 Å². The van der Waals surface area contributed by atoms with Crippen LogP contribution in [0.2, 0.25) is 5.02 Å². The smallest absolute Gasteiger partial charge is 0.344 e. The second-order valence-corrected chi connectivity index (χ2v) is 6.94. The van der Waals surface area contributed by atoms with Crippen molar-refractivity contribution in [2.75, 3.05) is 0 Å². The highest BCUT2D eigenvalue weighted by molar-refractivity contribution is 9.10. The van der Waals surface area contributed by atoms with Gasteiger partial charge in [0.15, 0.2) is 0 Å². The monoisotopic (exact) mass is 456 g/mol. The highest BCUT2D eigenvalue weighted by atomic mass is 79.9. The molecule has 0 radical (unpaired) electrons. The van der Waals surface area contributed by atoms with Gasteiger partial charge in [0.2, 0.25) is 0 Å². The van der Waals surface area contributed by atoms with Crippen LogP contribution in [0, 0.1) is 0 Å². The zero-order valence-electron chi connectivity index (χ0n) is 14.4. The van der Waals surface area contributed by atoms with Crippen LogP contribution in [-0.2, 0) is 0 Å². The Morgan fingerprint density at radius 1 is 0.964 bits per heavy atom. The molecule has 1 amide bonds. The number of rotatable bonds is 5. The van der Waals surface area contributed by atoms with Crippen molar-refractivity contribution < 1.29 is 14.3 Å². The molecule has 3 aromatic carbocycles. The average Bonchev–Trinajstić information content (AvgIpc) is 2.70. The van der Waals surface area contributed by atoms with Crippen molar-refractivity contribution in [2.45, 2.75) is 0 Å². The molecule has 0 unspecified atom stereocenters. The number of ether oxygens (including phenoxy) is 1. The Morgan fingerprint density at radius 3 is 2.32 bits per heavy atom.